The second-order valence-corrected chi connectivity index (χ2v) is 10.4. The Morgan fingerprint density at radius 2 is 1.92 bits per heavy atom. The quantitative estimate of drug-likeness (QED) is 0.541. The first-order chi connectivity index (χ1) is 17.4. The van der Waals surface area contributed by atoms with Crippen LogP contribution in [-0.2, 0) is 14.4 Å². The maximum absolute atomic E-state index is 13.8. The van der Waals surface area contributed by atoms with Crippen LogP contribution < -0.4 is 16.4 Å². The van der Waals surface area contributed by atoms with Crippen molar-refractivity contribution in [3.8, 4) is 0 Å². The number of nitrogens with one attached hydrogen (secondary N) is 2. The van der Waals surface area contributed by atoms with Crippen molar-refractivity contribution < 1.29 is 14.4 Å². The lowest BCUT2D eigenvalue weighted by Gasteiger charge is -2.36. The van der Waals surface area contributed by atoms with Crippen LogP contribution in [0.15, 0.2) is 48.1 Å². The van der Waals surface area contributed by atoms with E-state index in [0.717, 1.165) is 49.7 Å². The molecule has 0 aromatic heterocycles. The molecule has 1 aromatic rings. The Morgan fingerprint density at radius 1 is 1.14 bits per heavy atom. The molecule has 0 bridgehead atoms. The van der Waals surface area contributed by atoms with Crippen LogP contribution >= 0.6 is 0 Å². The summed E-state index contributed by atoms with van der Waals surface area (Å²) in [6.45, 7) is 3.92. The molecule has 4 N–H and O–H groups in total. The summed E-state index contributed by atoms with van der Waals surface area (Å²) in [7, 11) is 0. The predicted octanol–water partition coefficient (Wildman–Crippen LogP) is 3.58. The minimum atomic E-state index is -0.635. The summed E-state index contributed by atoms with van der Waals surface area (Å²) in [5.41, 5.74) is 9.29. The molecule has 2 fully saturated rings. The van der Waals surface area contributed by atoms with Crippen molar-refractivity contribution in [2.75, 3.05) is 0 Å². The molecule has 0 radical (unpaired) electrons. The van der Waals surface area contributed by atoms with E-state index in [-0.39, 0.29) is 29.8 Å². The van der Waals surface area contributed by atoms with E-state index in [1.165, 1.54) is 5.57 Å². The first kappa shape index (κ1) is 26.1. The molecule has 5 atom stereocenters. The van der Waals surface area contributed by atoms with Crippen molar-refractivity contribution in [1.29, 1.82) is 0 Å². The average molecular weight is 493 g/mol. The van der Waals surface area contributed by atoms with Crippen LogP contribution in [0.1, 0.15) is 81.9 Å². The zero-order valence-electron chi connectivity index (χ0n) is 21.5. The fourth-order valence-electron chi connectivity index (χ4n) is 5.77. The van der Waals surface area contributed by atoms with Crippen molar-refractivity contribution >= 4 is 17.7 Å². The van der Waals surface area contributed by atoms with E-state index in [1.807, 2.05) is 19.1 Å². The molecule has 1 aromatic carbocycles. The van der Waals surface area contributed by atoms with Crippen molar-refractivity contribution in [3.05, 3.63) is 59.2 Å². The topological polar surface area (TPSA) is 105 Å². The summed E-state index contributed by atoms with van der Waals surface area (Å²) < 4.78 is 0. The van der Waals surface area contributed by atoms with Gasteiger partial charge in [0, 0.05) is 6.04 Å². The number of hydrogen-bond acceptors (Lipinski definition) is 4. The van der Waals surface area contributed by atoms with Crippen LogP contribution in [0.4, 0.5) is 0 Å². The maximum Gasteiger partial charge on any atom is 0.246 e. The van der Waals surface area contributed by atoms with Crippen LogP contribution in [0.2, 0.25) is 0 Å². The van der Waals surface area contributed by atoms with Gasteiger partial charge in [0.15, 0.2) is 0 Å². The Balaban J connectivity index is 1.57. The molecule has 7 nitrogen and oxygen atoms in total. The van der Waals surface area contributed by atoms with Gasteiger partial charge < -0.3 is 21.3 Å². The van der Waals surface area contributed by atoms with Crippen molar-refractivity contribution in [2.45, 2.75) is 102 Å². The van der Waals surface area contributed by atoms with E-state index in [1.54, 1.807) is 4.90 Å². The minimum absolute atomic E-state index is 0.0292. The number of fused-ring (bicyclic) bond motifs is 1. The first-order valence-electron chi connectivity index (χ1n) is 13.5. The van der Waals surface area contributed by atoms with Crippen LogP contribution in [-0.4, -0.2) is 46.8 Å². The highest BCUT2D eigenvalue weighted by atomic mass is 16.2. The van der Waals surface area contributed by atoms with Gasteiger partial charge in [-0.15, -0.1) is 0 Å². The summed E-state index contributed by atoms with van der Waals surface area (Å²) in [6, 6.07) is 6.14. The van der Waals surface area contributed by atoms with Crippen LogP contribution in [0.25, 0.3) is 0 Å². The molecular formula is C29H40N4O3. The third kappa shape index (κ3) is 5.72. The number of benzene rings is 1. The maximum atomic E-state index is 13.8. The summed E-state index contributed by atoms with van der Waals surface area (Å²) in [5.74, 6) is -0.572. The predicted molar refractivity (Wildman–Crippen MR) is 141 cm³/mol. The number of aryl methyl sites for hydroxylation is 1. The highest BCUT2D eigenvalue weighted by Crippen LogP contribution is 2.34. The van der Waals surface area contributed by atoms with Crippen LogP contribution in [0.5, 0.6) is 0 Å². The van der Waals surface area contributed by atoms with Gasteiger partial charge in [0.25, 0.3) is 0 Å². The fraction of sp³-hybridized carbons (Fsp3) is 0.552. The van der Waals surface area contributed by atoms with Crippen molar-refractivity contribution in [2.24, 2.45) is 5.73 Å². The summed E-state index contributed by atoms with van der Waals surface area (Å²) >= 11 is 0. The van der Waals surface area contributed by atoms with Gasteiger partial charge >= 0.3 is 0 Å². The Labute approximate surface area is 214 Å². The molecule has 3 aliphatic rings. The zero-order chi connectivity index (χ0) is 25.7. The Kier molecular flexibility index (Phi) is 8.62. The van der Waals surface area contributed by atoms with E-state index in [9.17, 15) is 14.4 Å². The summed E-state index contributed by atoms with van der Waals surface area (Å²) in [4.78, 5) is 41.8. The Hall–Kier alpha value is -2.93. The number of amides is 3. The Morgan fingerprint density at radius 3 is 2.64 bits per heavy atom. The summed E-state index contributed by atoms with van der Waals surface area (Å²) in [5, 5.41) is 6.20. The number of carbonyl (C=O) groups is 3. The third-order valence-corrected chi connectivity index (χ3v) is 7.93. The molecular weight excluding hydrogens is 452 g/mol. The minimum Gasteiger partial charge on any atom is -0.344 e. The second-order valence-electron chi connectivity index (χ2n) is 10.4. The molecule has 0 spiro atoms. The number of hydrogen-bond donors (Lipinski definition) is 3. The smallest absolute Gasteiger partial charge is 0.246 e. The SMILES string of the molecule is CC[C@H](N)C(=O)N[C@H]1CCCC[C@H]2CC[C@@H](C(=O)N[C@@H](C3=CC=CCC3)c3ccccc3C)N2C1=O. The third-order valence-electron chi connectivity index (χ3n) is 7.93. The summed E-state index contributed by atoms with van der Waals surface area (Å²) in [6.07, 6.45) is 13.4. The van der Waals surface area contributed by atoms with Gasteiger partial charge in [0.2, 0.25) is 17.7 Å². The highest BCUT2D eigenvalue weighted by molar-refractivity contribution is 5.94. The van der Waals surface area contributed by atoms with Gasteiger partial charge in [-0.05, 0) is 68.6 Å². The fourth-order valence-corrected chi connectivity index (χ4v) is 5.77. The molecule has 2 heterocycles. The van der Waals surface area contributed by atoms with E-state index >= 15 is 0 Å². The standard InChI is InChI=1S/C29H40N4O3/c1-3-23(30)27(34)31-24-16-10-8-14-21-17-18-25(33(21)29(24)36)28(35)32-26(20-12-5-4-6-13-20)22-15-9-7-11-19(22)2/h4-5,7,9,11-12,15,21,23-26H,3,6,8,10,13-14,16-18,30H2,1-2H3,(H,31,34)(H,32,35)/t21-,23-,24-,25-,26-/m0/s1. The van der Waals surface area contributed by atoms with E-state index in [2.05, 4.69) is 47.9 Å². The molecule has 194 valence electrons. The first-order valence-corrected chi connectivity index (χ1v) is 13.5. The number of carbonyl (C=O) groups excluding carboxylic acids is 3. The van der Waals surface area contributed by atoms with Crippen molar-refractivity contribution in [1.82, 2.24) is 15.5 Å². The molecule has 0 saturated carbocycles. The van der Waals surface area contributed by atoms with Gasteiger partial charge in [-0.3, -0.25) is 14.4 Å². The lowest BCUT2D eigenvalue weighted by molar-refractivity contribution is -0.144. The number of rotatable bonds is 7. The van der Waals surface area contributed by atoms with E-state index in [0.29, 0.717) is 19.3 Å². The normalized spacial score (nSPS) is 25.8. The number of allylic oxidation sites excluding steroid dienone is 3. The molecule has 1 aliphatic carbocycles. The largest absolute Gasteiger partial charge is 0.344 e. The zero-order valence-corrected chi connectivity index (χ0v) is 21.5. The van der Waals surface area contributed by atoms with E-state index in [4.69, 9.17) is 5.73 Å². The van der Waals surface area contributed by atoms with Gasteiger partial charge in [0.1, 0.15) is 12.1 Å². The second kappa shape index (κ2) is 11.9. The van der Waals surface area contributed by atoms with E-state index < -0.39 is 18.1 Å². The molecule has 0 unspecified atom stereocenters. The number of nitrogens with zero attached hydrogens (tertiary/aromatic N) is 1. The Bertz CT molecular complexity index is 1030. The lowest BCUT2D eigenvalue weighted by atomic mass is 9.90. The monoisotopic (exact) mass is 492 g/mol. The molecule has 4 rings (SSSR count). The molecule has 36 heavy (non-hydrogen) atoms. The lowest BCUT2D eigenvalue weighted by Crippen LogP contribution is -2.58. The molecule has 2 saturated heterocycles. The molecule has 7 heteroatoms. The average Bonchev–Trinajstić information content (AvgIpc) is 3.31. The van der Waals surface area contributed by atoms with Crippen LogP contribution in [0.3, 0.4) is 0 Å². The highest BCUT2D eigenvalue weighted by Gasteiger charge is 2.44. The van der Waals surface area contributed by atoms with Gasteiger partial charge in [-0.2, -0.15) is 0 Å². The van der Waals surface area contributed by atoms with Crippen LogP contribution in [0, 0.1) is 6.92 Å². The van der Waals surface area contributed by atoms with Gasteiger partial charge in [0.05, 0.1) is 12.1 Å². The van der Waals surface area contributed by atoms with Gasteiger partial charge in [-0.1, -0.05) is 62.3 Å². The van der Waals surface area contributed by atoms with Crippen molar-refractivity contribution in [3.63, 3.8) is 0 Å². The van der Waals surface area contributed by atoms with Gasteiger partial charge in [-0.25, -0.2) is 0 Å². The molecule has 2 aliphatic heterocycles. The number of nitrogens with two attached hydrogens (primary N) is 1. The molecule has 3 amide bonds.